The number of esters is 2. The normalized spacial score (nSPS) is 21.2. The Morgan fingerprint density at radius 1 is 1.03 bits per heavy atom. The molecule has 37 heavy (non-hydrogen) atoms. The molecule has 196 valence electrons. The van der Waals surface area contributed by atoms with Gasteiger partial charge in [0.15, 0.2) is 0 Å². The third-order valence-electron chi connectivity index (χ3n) is 6.14. The number of primary sulfonamides is 1. The summed E-state index contributed by atoms with van der Waals surface area (Å²) in [5.41, 5.74) is 1.20. The number of methoxy groups -OCH3 is 2. The smallest absolute Gasteiger partial charge is 0.336 e. The maximum absolute atomic E-state index is 13.0. The number of ether oxygens (including phenoxy) is 2. The standard InChI is InChI=1S/C20H22N2O4S.C6H7NO2S/c1-12-14(18(23)25-3)15(17-21-10-11-27-17)16(19(24)26-4)20(2,22-12)13-8-6-5-7-9-13;7-10(8,9)6-4-2-1-3-5-6/h5-11,15-16,22H,1-4H3;1-5H,(H2,7,8,9). The fourth-order valence-electron chi connectivity index (χ4n) is 4.46. The van der Waals surface area contributed by atoms with E-state index in [1.165, 1.54) is 37.7 Å². The molecule has 11 heteroatoms. The molecule has 3 N–H and O–H groups in total. The van der Waals surface area contributed by atoms with E-state index in [1.807, 2.05) is 49.6 Å². The van der Waals surface area contributed by atoms with E-state index in [0.29, 0.717) is 16.3 Å². The largest absolute Gasteiger partial charge is 0.469 e. The van der Waals surface area contributed by atoms with Crippen LogP contribution in [-0.4, -0.2) is 39.6 Å². The second-order valence-electron chi connectivity index (χ2n) is 8.43. The molecule has 3 unspecified atom stereocenters. The molecular formula is C26H29N3O6S2. The molecule has 0 bridgehead atoms. The van der Waals surface area contributed by atoms with Crippen LogP contribution in [0.4, 0.5) is 0 Å². The van der Waals surface area contributed by atoms with Gasteiger partial charge in [-0.1, -0.05) is 48.5 Å². The molecule has 2 aromatic carbocycles. The van der Waals surface area contributed by atoms with E-state index in [2.05, 4.69) is 10.3 Å². The third-order valence-corrected chi connectivity index (χ3v) is 7.93. The summed E-state index contributed by atoms with van der Waals surface area (Å²) in [7, 11) is -0.813. The second-order valence-corrected chi connectivity index (χ2v) is 10.9. The lowest BCUT2D eigenvalue weighted by Gasteiger charge is -2.46. The molecule has 9 nitrogen and oxygen atoms in total. The highest BCUT2D eigenvalue weighted by atomic mass is 32.2. The van der Waals surface area contributed by atoms with Crippen LogP contribution in [0.5, 0.6) is 0 Å². The molecule has 0 radical (unpaired) electrons. The van der Waals surface area contributed by atoms with Crippen molar-refractivity contribution in [2.45, 2.75) is 30.2 Å². The molecule has 0 saturated carbocycles. The van der Waals surface area contributed by atoms with Gasteiger partial charge in [-0.2, -0.15) is 0 Å². The van der Waals surface area contributed by atoms with Crippen LogP contribution in [0.2, 0.25) is 0 Å². The van der Waals surface area contributed by atoms with Crippen LogP contribution in [0.3, 0.4) is 0 Å². The number of thiazole rings is 1. The van der Waals surface area contributed by atoms with Gasteiger partial charge in [0.2, 0.25) is 10.0 Å². The van der Waals surface area contributed by atoms with E-state index in [4.69, 9.17) is 14.6 Å². The number of rotatable bonds is 5. The van der Waals surface area contributed by atoms with Crippen molar-refractivity contribution >= 4 is 33.3 Å². The molecule has 0 amide bonds. The van der Waals surface area contributed by atoms with E-state index in [-0.39, 0.29) is 4.90 Å². The number of nitrogens with zero attached hydrogens (tertiary/aromatic N) is 1. The van der Waals surface area contributed by atoms with Crippen molar-refractivity contribution in [3.05, 3.63) is 94.1 Å². The average molecular weight is 544 g/mol. The monoisotopic (exact) mass is 543 g/mol. The van der Waals surface area contributed by atoms with E-state index < -0.39 is 39.3 Å². The van der Waals surface area contributed by atoms with E-state index in [1.54, 1.807) is 24.4 Å². The van der Waals surface area contributed by atoms with Crippen molar-refractivity contribution in [2.75, 3.05) is 14.2 Å². The Morgan fingerprint density at radius 3 is 2.08 bits per heavy atom. The first-order valence-corrected chi connectivity index (χ1v) is 13.6. The minimum absolute atomic E-state index is 0.148. The Kier molecular flexibility index (Phi) is 8.85. The molecule has 2 heterocycles. The maximum Gasteiger partial charge on any atom is 0.336 e. The Morgan fingerprint density at radius 2 is 1.62 bits per heavy atom. The van der Waals surface area contributed by atoms with Gasteiger partial charge in [0.25, 0.3) is 0 Å². The molecular weight excluding hydrogens is 514 g/mol. The molecule has 0 saturated heterocycles. The first kappa shape index (κ1) is 28.0. The van der Waals surface area contributed by atoms with Crippen LogP contribution in [0.25, 0.3) is 0 Å². The molecule has 0 aliphatic carbocycles. The van der Waals surface area contributed by atoms with Gasteiger partial charge < -0.3 is 14.8 Å². The van der Waals surface area contributed by atoms with Crippen LogP contribution < -0.4 is 10.5 Å². The topological polar surface area (TPSA) is 138 Å². The van der Waals surface area contributed by atoms with Gasteiger partial charge in [-0.05, 0) is 31.5 Å². The molecule has 3 atom stereocenters. The number of allylic oxidation sites excluding steroid dienone is 1. The number of nitrogens with one attached hydrogen (secondary N) is 1. The number of benzene rings is 2. The molecule has 0 spiro atoms. The SMILES string of the molecule is COC(=O)C1=C(C)NC(C)(c2ccccc2)C(C(=O)OC)C1c1nccs1.NS(=O)(=O)c1ccccc1. The lowest BCUT2D eigenvalue weighted by Crippen LogP contribution is -2.55. The fourth-order valence-corrected chi connectivity index (χ4v) is 5.78. The van der Waals surface area contributed by atoms with Gasteiger partial charge in [-0.15, -0.1) is 11.3 Å². The fraction of sp³-hybridized carbons (Fsp3) is 0.269. The Labute approximate surface area is 220 Å². The van der Waals surface area contributed by atoms with Crippen molar-refractivity contribution < 1.29 is 27.5 Å². The predicted octanol–water partition coefficient (Wildman–Crippen LogP) is 3.32. The summed E-state index contributed by atoms with van der Waals surface area (Å²) < 4.78 is 31.4. The van der Waals surface area contributed by atoms with Crippen molar-refractivity contribution in [3.63, 3.8) is 0 Å². The summed E-state index contributed by atoms with van der Waals surface area (Å²) in [4.78, 5) is 30.1. The number of carbonyl (C=O) groups excluding carboxylic acids is 2. The lowest BCUT2D eigenvalue weighted by atomic mass is 9.67. The molecule has 4 rings (SSSR count). The van der Waals surface area contributed by atoms with Crippen LogP contribution in [0.15, 0.2) is 88.4 Å². The number of sulfonamides is 1. The lowest BCUT2D eigenvalue weighted by molar-refractivity contribution is -0.150. The molecule has 1 aliphatic heterocycles. The van der Waals surface area contributed by atoms with Crippen LogP contribution in [0, 0.1) is 5.92 Å². The third kappa shape index (κ3) is 6.07. The van der Waals surface area contributed by atoms with Gasteiger partial charge in [0.1, 0.15) is 5.01 Å². The predicted molar refractivity (Wildman–Crippen MR) is 140 cm³/mol. The zero-order valence-corrected chi connectivity index (χ0v) is 22.5. The number of hydrogen-bond acceptors (Lipinski definition) is 9. The maximum atomic E-state index is 13.0. The van der Waals surface area contributed by atoms with E-state index >= 15 is 0 Å². The highest BCUT2D eigenvalue weighted by Gasteiger charge is 2.53. The summed E-state index contributed by atoms with van der Waals surface area (Å²) in [6.07, 6.45) is 1.67. The van der Waals surface area contributed by atoms with E-state index in [0.717, 1.165) is 5.56 Å². The van der Waals surface area contributed by atoms with E-state index in [9.17, 15) is 18.0 Å². The summed E-state index contributed by atoms with van der Waals surface area (Å²) in [6.45, 7) is 3.77. The molecule has 1 aliphatic rings. The molecule has 1 aromatic heterocycles. The minimum Gasteiger partial charge on any atom is -0.469 e. The summed E-state index contributed by atoms with van der Waals surface area (Å²) in [6, 6.07) is 17.6. The Hall–Kier alpha value is -3.54. The highest BCUT2D eigenvalue weighted by Crippen LogP contribution is 2.48. The number of nitrogens with two attached hydrogens (primary N) is 1. The van der Waals surface area contributed by atoms with Crippen LogP contribution in [-0.2, 0) is 34.6 Å². The first-order valence-electron chi connectivity index (χ1n) is 11.2. The van der Waals surface area contributed by atoms with Crippen LogP contribution >= 0.6 is 11.3 Å². The van der Waals surface area contributed by atoms with Gasteiger partial charge in [-0.3, -0.25) is 4.79 Å². The Balaban J connectivity index is 0.000000319. The zero-order valence-electron chi connectivity index (χ0n) is 20.9. The van der Waals surface area contributed by atoms with Crippen molar-refractivity contribution in [1.29, 1.82) is 0 Å². The van der Waals surface area contributed by atoms with Gasteiger partial charge >= 0.3 is 11.9 Å². The average Bonchev–Trinajstić information content (AvgIpc) is 3.43. The van der Waals surface area contributed by atoms with Gasteiger partial charge in [0.05, 0.1) is 42.1 Å². The zero-order chi connectivity index (χ0) is 27.2. The molecule has 0 fully saturated rings. The van der Waals surface area contributed by atoms with Gasteiger partial charge in [0, 0.05) is 17.3 Å². The van der Waals surface area contributed by atoms with Crippen molar-refractivity contribution in [3.8, 4) is 0 Å². The molecule has 3 aromatic rings. The second kappa shape index (κ2) is 11.7. The minimum atomic E-state index is -3.50. The first-order chi connectivity index (χ1) is 17.5. The Bertz CT molecular complexity index is 1360. The highest BCUT2D eigenvalue weighted by molar-refractivity contribution is 7.89. The number of aromatic nitrogens is 1. The quantitative estimate of drug-likeness (QED) is 0.468. The van der Waals surface area contributed by atoms with Crippen LogP contribution in [0.1, 0.15) is 30.3 Å². The number of carbonyl (C=O) groups is 2. The van der Waals surface area contributed by atoms with Crippen molar-refractivity contribution in [2.24, 2.45) is 11.1 Å². The summed E-state index contributed by atoms with van der Waals surface area (Å²) in [5, 5.41) is 10.7. The summed E-state index contributed by atoms with van der Waals surface area (Å²) in [5.74, 6) is -2.17. The summed E-state index contributed by atoms with van der Waals surface area (Å²) >= 11 is 1.40. The van der Waals surface area contributed by atoms with Crippen molar-refractivity contribution in [1.82, 2.24) is 10.3 Å². The number of hydrogen-bond donors (Lipinski definition) is 2. The van der Waals surface area contributed by atoms with Gasteiger partial charge in [-0.25, -0.2) is 23.3 Å².